The lowest BCUT2D eigenvalue weighted by molar-refractivity contribution is 1.34. The minimum absolute atomic E-state index is 0.442. The molecule has 8 heavy (non-hydrogen) atoms. The highest BCUT2D eigenvalue weighted by Gasteiger charge is 2.26. The highest BCUT2D eigenvalue weighted by Crippen LogP contribution is 2.65. The van der Waals surface area contributed by atoms with Gasteiger partial charge in [0.05, 0.1) is 23.4 Å². The van der Waals surface area contributed by atoms with Crippen molar-refractivity contribution >= 4 is 26.9 Å². The summed E-state index contributed by atoms with van der Waals surface area (Å²) in [6.45, 7) is 6.94. The highest BCUT2D eigenvalue weighted by atomic mass is 127. The van der Waals surface area contributed by atoms with Gasteiger partial charge in [0.25, 0.3) is 0 Å². The normalized spacial score (nSPS) is 12.0. The van der Waals surface area contributed by atoms with E-state index < -0.39 is 4.90 Å². The first-order chi connectivity index (χ1) is 3.68. The van der Waals surface area contributed by atoms with Gasteiger partial charge in [0.2, 0.25) is 0 Å². The SMILES string of the molecule is CC[P+](I)(CC)CC. The standard InChI is InChI=1S/C6H15IP/c1-4-8(7,5-2)6-3/h4-6H2,1-3H3/q+1. The highest BCUT2D eigenvalue weighted by molar-refractivity contribution is 14.2. The molecule has 0 atom stereocenters. The van der Waals surface area contributed by atoms with Crippen molar-refractivity contribution in [1.82, 2.24) is 0 Å². The zero-order chi connectivity index (χ0) is 6.62. The van der Waals surface area contributed by atoms with Gasteiger partial charge in [-0.05, 0) is 20.8 Å². The van der Waals surface area contributed by atoms with Crippen molar-refractivity contribution in [2.75, 3.05) is 18.5 Å². The van der Waals surface area contributed by atoms with Crippen molar-refractivity contribution in [2.24, 2.45) is 0 Å². The molecule has 0 spiro atoms. The summed E-state index contributed by atoms with van der Waals surface area (Å²) in [6.07, 6.45) is 4.25. The molecule has 0 saturated heterocycles. The van der Waals surface area contributed by atoms with Gasteiger partial charge in [-0.1, -0.05) is 0 Å². The molecule has 0 aliphatic rings. The zero-order valence-electron chi connectivity index (χ0n) is 5.95. The molecule has 0 N–H and O–H groups in total. The summed E-state index contributed by atoms with van der Waals surface area (Å²) < 4.78 is 0. The van der Waals surface area contributed by atoms with Crippen LogP contribution in [0, 0.1) is 0 Å². The summed E-state index contributed by atoms with van der Waals surface area (Å²) in [7, 11) is 0. The Labute approximate surface area is 66.3 Å². The lowest BCUT2D eigenvalue weighted by Gasteiger charge is -2.12. The number of hydrogen-bond acceptors (Lipinski definition) is 0. The van der Waals surface area contributed by atoms with Crippen molar-refractivity contribution < 1.29 is 0 Å². The molecule has 0 unspecified atom stereocenters. The second-order valence-electron chi connectivity index (χ2n) is 1.98. The van der Waals surface area contributed by atoms with E-state index in [1.54, 1.807) is 0 Å². The van der Waals surface area contributed by atoms with E-state index >= 15 is 0 Å². The van der Waals surface area contributed by atoms with Crippen LogP contribution in [-0.2, 0) is 0 Å². The monoisotopic (exact) mass is 245 g/mol. The molecule has 0 saturated carbocycles. The predicted octanol–water partition coefficient (Wildman–Crippen LogP) is 3.41. The van der Waals surface area contributed by atoms with Gasteiger partial charge < -0.3 is 0 Å². The Morgan fingerprint density at radius 2 is 1.25 bits per heavy atom. The average Bonchev–Trinajstić information content (AvgIpc) is 1.87. The van der Waals surface area contributed by atoms with E-state index in [-0.39, 0.29) is 0 Å². The van der Waals surface area contributed by atoms with E-state index in [1.165, 1.54) is 18.5 Å². The van der Waals surface area contributed by atoms with Crippen molar-refractivity contribution in [2.45, 2.75) is 20.8 Å². The molecule has 0 radical (unpaired) electrons. The van der Waals surface area contributed by atoms with Crippen molar-refractivity contribution in [3.63, 3.8) is 0 Å². The van der Waals surface area contributed by atoms with Gasteiger partial charge in [0.15, 0.2) is 22.0 Å². The number of hydrogen-bond donors (Lipinski definition) is 0. The molecule has 0 bridgehead atoms. The number of rotatable bonds is 3. The smallest absolute Gasteiger partial charge is 0.0304 e. The third-order valence-electron chi connectivity index (χ3n) is 1.70. The summed E-state index contributed by atoms with van der Waals surface area (Å²) in [5.41, 5.74) is 0. The Balaban J connectivity index is 3.58. The van der Waals surface area contributed by atoms with E-state index in [0.717, 1.165) is 0 Å². The molecule has 0 aromatic heterocycles. The molecule has 0 amide bonds. The first kappa shape index (κ1) is 9.16. The second kappa shape index (κ2) is 4.05. The fourth-order valence-corrected chi connectivity index (χ4v) is 2.01. The van der Waals surface area contributed by atoms with Crippen molar-refractivity contribution in [3.8, 4) is 0 Å². The number of halogens is 1. The molecular formula is C6H15IP+. The van der Waals surface area contributed by atoms with Gasteiger partial charge in [-0.25, -0.2) is 0 Å². The van der Waals surface area contributed by atoms with Gasteiger partial charge >= 0.3 is 0 Å². The topological polar surface area (TPSA) is 0 Å². The molecular weight excluding hydrogens is 230 g/mol. The average molecular weight is 245 g/mol. The fourth-order valence-electron chi connectivity index (χ4n) is 0.671. The predicted molar refractivity (Wildman–Crippen MR) is 52.6 cm³/mol. The van der Waals surface area contributed by atoms with Crippen molar-refractivity contribution in [3.05, 3.63) is 0 Å². The van der Waals surface area contributed by atoms with Crippen LogP contribution in [-0.4, -0.2) is 18.5 Å². The van der Waals surface area contributed by atoms with E-state index in [9.17, 15) is 0 Å². The third-order valence-corrected chi connectivity index (χ3v) is 11.2. The van der Waals surface area contributed by atoms with Crippen LogP contribution in [0.1, 0.15) is 20.8 Å². The van der Waals surface area contributed by atoms with E-state index in [4.69, 9.17) is 0 Å². The van der Waals surface area contributed by atoms with Crippen LogP contribution in [0.2, 0.25) is 0 Å². The fraction of sp³-hybridized carbons (Fsp3) is 1.00. The third kappa shape index (κ3) is 2.63. The van der Waals surface area contributed by atoms with Crippen LogP contribution >= 0.6 is 26.9 Å². The quantitative estimate of drug-likeness (QED) is 0.528. The van der Waals surface area contributed by atoms with Crippen LogP contribution in [0.4, 0.5) is 0 Å². The zero-order valence-corrected chi connectivity index (χ0v) is 9.00. The summed E-state index contributed by atoms with van der Waals surface area (Å²) in [5.74, 6) is 0. The lowest BCUT2D eigenvalue weighted by Crippen LogP contribution is -1.92. The Bertz CT molecular complexity index is 51.3. The summed E-state index contributed by atoms with van der Waals surface area (Å²) >= 11 is 2.68. The Morgan fingerprint density at radius 3 is 1.25 bits per heavy atom. The lowest BCUT2D eigenvalue weighted by atomic mass is 10.9. The van der Waals surface area contributed by atoms with Crippen LogP contribution in [0.15, 0.2) is 0 Å². The van der Waals surface area contributed by atoms with Gasteiger partial charge in [0.1, 0.15) is 0 Å². The van der Waals surface area contributed by atoms with Crippen LogP contribution in [0.5, 0.6) is 0 Å². The largest absolute Gasteiger partial charge is 0.154 e. The molecule has 50 valence electrons. The molecule has 0 nitrogen and oxygen atoms in total. The first-order valence-electron chi connectivity index (χ1n) is 3.24. The van der Waals surface area contributed by atoms with Gasteiger partial charge in [-0.2, -0.15) is 0 Å². The molecule has 0 aromatic rings. The van der Waals surface area contributed by atoms with E-state index in [0.29, 0.717) is 0 Å². The molecule has 0 aliphatic carbocycles. The summed E-state index contributed by atoms with van der Waals surface area (Å²) in [4.78, 5) is -0.442. The first-order valence-corrected chi connectivity index (χ1v) is 8.37. The Hall–Kier alpha value is 1.16. The summed E-state index contributed by atoms with van der Waals surface area (Å²) in [6, 6.07) is 0. The van der Waals surface area contributed by atoms with E-state index in [2.05, 4.69) is 42.8 Å². The van der Waals surface area contributed by atoms with Crippen molar-refractivity contribution in [1.29, 1.82) is 0 Å². The maximum Gasteiger partial charge on any atom is 0.154 e. The molecule has 0 aromatic carbocycles. The minimum Gasteiger partial charge on any atom is -0.0304 e. The van der Waals surface area contributed by atoms with E-state index in [1.807, 2.05) is 0 Å². The van der Waals surface area contributed by atoms with Crippen LogP contribution < -0.4 is 0 Å². The van der Waals surface area contributed by atoms with Gasteiger partial charge in [0, 0.05) is 0 Å². The molecule has 2 heteroatoms. The Kier molecular flexibility index (Phi) is 4.64. The second-order valence-corrected chi connectivity index (χ2v) is 12.1. The maximum absolute atomic E-state index is 2.68. The molecule has 0 rings (SSSR count). The van der Waals surface area contributed by atoms with Gasteiger partial charge in [-0.15, -0.1) is 0 Å². The Morgan fingerprint density at radius 1 is 1.00 bits per heavy atom. The molecule has 0 aliphatic heterocycles. The molecule has 0 heterocycles. The van der Waals surface area contributed by atoms with Crippen LogP contribution in [0.25, 0.3) is 0 Å². The molecule has 0 fully saturated rings. The van der Waals surface area contributed by atoms with Crippen LogP contribution in [0.3, 0.4) is 0 Å². The minimum atomic E-state index is -0.442. The maximum atomic E-state index is 2.68. The van der Waals surface area contributed by atoms with Gasteiger partial charge in [-0.3, -0.25) is 0 Å². The summed E-state index contributed by atoms with van der Waals surface area (Å²) in [5, 5.41) is 0.